The van der Waals surface area contributed by atoms with Crippen LogP contribution in [0.3, 0.4) is 0 Å². The van der Waals surface area contributed by atoms with Crippen molar-refractivity contribution in [1.82, 2.24) is 0 Å². The first-order valence-electron chi connectivity index (χ1n) is 12.7. The highest BCUT2D eigenvalue weighted by Crippen LogP contribution is 2.50. The maximum absolute atomic E-state index is 7.27. The zero-order valence-electron chi connectivity index (χ0n) is 20.3. The van der Waals surface area contributed by atoms with Crippen LogP contribution in [-0.4, -0.2) is 0 Å². The SMILES string of the molecule is Cc1ccc(C2(c3ccc(C)cc3)C=Cc3c4c(c5c(ccc6ccccc65)c3O2)CCC4)cc1. The van der Waals surface area contributed by atoms with Crippen LogP contribution in [0.25, 0.3) is 27.6 Å². The van der Waals surface area contributed by atoms with Crippen LogP contribution in [0.2, 0.25) is 0 Å². The van der Waals surface area contributed by atoms with Gasteiger partial charge in [0.1, 0.15) is 5.75 Å². The third-order valence-electron chi connectivity index (χ3n) is 7.97. The third kappa shape index (κ3) is 3.01. The van der Waals surface area contributed by atoms with Crippen molar-refractivity contribution in [3.8, 4) is 5.75 Å². The molecular formula is C34H28O. The predicted octanol–water partition coefficient (Wildman–Crippen LogP) is 8.45. The van der Waals surface area contributed by atoms with Crippen LogP contribution >= 0.6 is 0 Å². The van der Waals surface area contributed by atoms with Crippen LogP contribution in [0.1, 0.15) is 45.4 Å². The second kappa shape index (κ2) is 7.58. The maximum Gasteiger partial charge on any atom is 0.178 e. The molecule has 0 aromatic heterocycles. The van der Waals surface area contributed by atoms with E-state index in [0.717, 1.165) is 29.7 Å². The molecule has 0 bridgehead atoms. The van der Waals surface area contributed by atoms with Crippen LogP contribution in [0.5, 0.6) is 5.75 Å². The minimum Gasteiger partial charge on any atom is -0.472 e. The minimum absolute atomic E-state index is 0.667. The molecule has 1 aliphatic carbocycles. The molecule has 170 valence electrons. The molecule has 0 atom stereocenters. The molecule has 5 aromatic rings. The van der Waals surface area contributed by atoms with E-state index < -0.39 is 5.60 Å². The van der Waals surface area contributed by atoms with Crippen LogP contribution in [0.15, 0.2) is 91.0 Å². The molecule has 0 radical (unpaired) electrons. The van der Waals surface area contributed by atoms with Crippen molar-refractivity contribution in [2.45, 2.75) is 38.7 Å². The molecule has 0 saturated carbocycles. The van der Waals surface area contributed by atoms with Gasteiger partial charge in [0.05, 0.1) is 0 Å². The van der Waals surface area contributed by atoms with E-state index in [0.29, 0.717) is 0 Å². The first kappa shape index (κ1) is 20.5. The molecule has 0 amide bonds. The zero-order valence-corrected chi connectivity index (χ0v) is 20.3. The quantitative estimate of drug-likeness (QED) is 0.244. The Morgan fingerprint density at radius 2 is 1.31 bits per heavy atom. The fourth-order valence-electron chi connectivity index (χ4n) is 6.15. The largest absolute Gasteiger partial charge is 0.472 e. The van der Waals surface area contributed by atoms with E-state index in [-0.39, 0.29) is 0 Å². The molecule has 0 unspecified atom stereocenters. The normalized spacial score (nSPS) is 15.7. The van der Waals surface area contributed by atoms with Crippen molar-refractivity contribution in [2.24, 2.45) is 0 Å². The van der Waals surface area contributed by atoms with Gasteiger partial charge < -0.3 is 4.74 Å². The lowest BCUT2D eigenvalue weighted by Gasteiger charge is -2.37. The Morgan fingerprint density at radius 1 is 0.657 bits per heavy atom. The highest BCUT2D eigenvalue weighted by atomic mass is 16.5. The van der Waals surface area contributed by atoms with Crippen molar-refractivity contribution in [1.29, 1.82) is 0 Å². The first-order chi connectivity index (χ1) is 17.1. The molecule has 0 N–H and O–H groups in total. The molecule has 1 aliphatic heterocycles. The lowest BCUT2D eigenvalue weighted by Crippen LogP contribution is -2.34. The number of ether oxygens (including phenoxy) is 1. The Balaban J connectivity index is 1.55. The van der Waals surface area contributed by atoms with Crippen molar-refractivity contribution < 1.29 is 4.74 Å². The number of benzene rings is 5. The van der Waals surface area contributed by atoms with Gasteiger partial charge in [0.2, 0.25) is 0 Å². The number of hydrogen-bond acceptors (Lipinski definition) is 1. The van der Waals surface area contributed by atoms with Gasteiger partial charge in [0.25, 0.3) is 0 Å². The third-order valence-corrected chi connectivity index (χ3v) is 7.97. The lowest BCUT2D eigenvalue weighted by molar-refractivity contribution is 0.163. The van der Waals surface area contributed by atoms with Crippen molar-refractivity contribution >= 4 is 27.6 Å². The van der Waals surface area contributed by atoms with E-state index in [2.05, 4.69) is 111 Å². The van der Waals surface area contributed by atoms with Gasteiger partial charge >= 0.3 is 0 Å². The van der Waals surface area contributed by atoms with Gasteiger partial charge in [-0.15, -0.1) is 0 Å². The summed E-state index contributed by atoms with van der Waals surface area (Å²) in [6.07, 6.45) is 8.10. The summed E-state index contributed by atoms with van der Waals surface area (Å²) in [6.45, 7) is 4.27. The Labute approximate surface area is 206 Å². The second-order valence-electron chi connectivity index (χ2n) is 10.2. The average molecular weight is 453 g/mol. The molecule has 1 heterocycles. The van der Waals surface area contributed by atoms with E-state index in [1.807, 2.05) is 0 Å². The monoisotopic (exact) mass is 452 g/mol. The lowest BCUT2D eigenvalue weighted by atomic mass is 9.81. The van der Waals surface area contributed by atoms with E-state index in [1.54, 1.807) is 0 Å². The number of fused-ring (bicyclic) bond motifs is 8. The topological polar surface area (TPSA) is 9.23 Å². The highest BCUT2D eigenvalue weighted by molar-refractivity contribution is 6.13. The van der Waals surface area contributed by atoms with E-state index in [4.69, 9.17) is 4.74 Å². The predicted molar refractivity (Wildman–Crippen MR) is 146 cm³/mol. The summed E-state index contributed by atoms with van der Waals surface area (Å²) < 4.78 is 7.27. The number of aryl methyl sites for hydroxylation is 3. The van der Waals surface area contributed by atoms with Gasteiger partial charge in [-0.3, -0.25) is 0 Å². The Morgan fingerprint density at radius 3 is 2.03 bits per heavy atom. The fourth-order valence-corrected chi connectivity index (χ4v) is 6.15. The molecule has 2 aliphatic rings. The van der Waals surface area contributed by atoms with Crippen LogP contribution in [0, 0.1) is 13.8 Å². The summed E-state index contributed by atoms with van der Waals surface area (Å²) in [4.78, 5) is 0. The van der Waals surface area contributed by atoms with Gasteiger partial charge in [-0.25, -0.2) is 0 Å². The average Bonchev–Trinajstić information content (AvgIpc) is 3.39. The van der Waals surface area contributed by atoms with E-state index in [9.17, 15) is 0 Å². The molecule has 1 heteroatoms. The molecule has 0 saturated heterocycles. The van der Waals surface area contributed by atoms with E-state index >= 15 is 0 Å². The van der Waals surface area contributed by atoms with Crippen molar-refractivity contribution in [3.63, 3.8) is 0 Å². The number of hydrogen-bond donors (Lipinski definition) is 0. The Hall–Kier alpha value is -3.84. The van der Waals surface area contributed by atoms with Crippen molar-refractivity contribution in [2.75, 3.05) is 0 Å². The van der Waals surface area contributed by atoms with Gasteiger partial charge in [0, 0.05) is 22.1 Å². The second-order valence-corrected chi connectivity index (χ2v) is 10.2. The van der Waals surface area contributed by atoms with Crippen molar-refractivity contribution in [3.05, 3.63) is 130 Å². The Kier molecular flexibility index (Phi) is 4.45. The summed E-state index contributed by atoms with van der Waals surface area (Å²) in [6, 6.07) is 30.9. The molecule has 35 heavy (non-hydrogen) atoms. The first-order valence-corrected chi connectivity index (χ1v) is 12.7. The minimum atomic E-state index is -0.667. The molecule has 1 nitrogen and oxygen atoms in total. The summed E-state index contributed by atoms with van der Waals surface area (Å²) >= 11 is 0. The highest BCUT2D eigenvalue weighted by Gasteiger charge is 2.39. The molecule has 0 spiro atoms. The zero-order chi connectivity index (χ0) is 23.6. The van der Waals surface area contributed by atoms with Crippen LogP contribution in [-0.2, 0) is 18.4 Å². The summed E-state index contributed by atoms with van der Waals surface area (Å²) in [5, 5.41) is 5.24. The van der Waals surface area contributed by atoms with Gasteiger partial charge in [-0.05, 0) is 72.5 Å². The summed E-state index contributed by atoms with van der Waals surface area (Å²) in [7, 11) is 0. The van der Waals surface area contributed by atoms with Gasteiger partial charge in [-0.1, -0.05) is 96.1 Å². The molecule has 7 rings (SSSR count). The molecule has 0 fully saturated rings. The maximum atomic E-state index is 7.27. The smallest absolute Gasteiger partial charge is 0.178 e. The summed E-state index contributed by atoms with van der Waals surface area (Å²) in [5.74, 6) is 1.02. The van der Waals surface area contributed by atoms with Gasteiger partial charge in [-0.2, -0.15) is 0 Å². The number of rotatable bonds is 2. The molecule has 5 aromatic carbocycles. The fraction of sp³-hybridized carbons (Fsp3) is 0.176. The van der Waals surface area contributed by atoms with Crippen LogP contribution < -0.4 is 4.74 Å². The van der Waals surface area contributed by atoms with E-state index in [1.165, 1.54) is 55.8 Å². The van der Waals surface area contributed by atoms with Crippen LogP contribution in [0.4, 0.5) is 0 Å². The van der Waals surface area contributed by atoms with Gasteiger partial charge in [0.15, 0.2) is 5.60 Å². The standard InChI is InChI=1S/C34H28O/c1-22-10-15-25(16-11-22)34(26-17-12-23(2)13-18-26)21-20-30-28-8-5-9-29(28)32-27-7-4-3-6-24(27)14-19-31(32)33(30)35-34/h3-4,6-7,10-21H,5,8-9H2,1-2H3. The molecular weight excluding hydrogens is 424 g/mol. The summed E-state index contributed by atoms with van der Waals surface area (Å²) in [5.41, 5.74) is 8.41. The Bertz CT molecular complexity index is 1590.